The zero-order chi connectivity index (χ0) is 14.0. The second-order valence-corrected chi connectivity index (χ2v) is 4.02. The smallest absolute Gasteiger partial charge is 0.360 e. The Balaban J connectivity index is 2.49. The molecule has 0 bridgehead atoms. The summed E-state index contributed by atoms with van der Waals surface area (Å²) in [6.45, 7) is 0. The molecule has 6 nitrogen and oxygen atoms in total. The van der Waals surface area contributed by atoms with Crippen molar-refractivity contribution in [2.75, 3.05) is 12.8 Å². The minimum absolute atomic E-state index is 0.0305. The number of hydrogen-bond acceptors (Lipinski definition) is 5. The van der Waals surface area contributed by atoms with E-state index in [-0.39, 0.29) is 11.5 Å². The number of imidazole rings is 1. The van der Waals surface area contributed by atoms with Gasteiger partial charge in [0.2, 0.25) is 0 Å². The van der Waals surface area contributed by atoms with Gasteiger partial charge in [-0.15, -0.1) is 0 Å². The molecule has 2 N–H and O–H groups in total. The molecular formula is C12H9ClN4O2. The van der Waals surface area contributed by atoms with Crippen molar-refractivity contribution in [3.05, 3.63) is 40.8 Å². The summed E-state index contributed by atoms with van der Waals surface area (Å²) >= 11 is 5.94. The summed E-state index contributed by atoms with van der Waals surface area (Å²) in [6, 6.07) is 6.75. The first kappa shape index (κ1) is 12.9. The van der Waals surface area contributed by atoms with Crippen molar-refractivity contribution >= 4 is 23.4 Å². The molecule has 0 aliphatic rings. The number of nitrogen functional groups attached to an aromatic ring is 1. The number of esters is 1. The Morgan fingerprint density at radius 1 is 1.58 bits per heavy atom. The molecule has 0 unspecified atom stereocenters. The molecule has 1 aromatic carbocycles. The SMILES string of the molecule is COC(=O)c1ncn(-c2ccc(C#N)c(Cl)c2)c1N. The third-order valence-electron chi connectivity index (χ3n) is 2.53. The lowest BCUT2D eigenvalue weighted by Crippen LogP contribution is -2.07. The zero-order valence-electron chi connectivity index (χ0n) is 9.92. The van der Waals surface area contributed by atoms with Gasteiger partial charge in [0.25, 0.3) is 0 Å². The zero-order valence-corrected chi connectivity index (χ0v) is 10.7. The molecule has 0 fully saturated rings. The predicted molar refractivity (Wildman–Crippen MR) is 69.0 cm³/mol. The van der Waals surface area contributed by atoms with E-state index in [0.717, 1.165) is 0 Å². The summed E-state index contributed by atoms with van der Waals surface area (Å²) in [6.07, 6.45) is 1.39. The van der Waals surface area contributed by atoms with Gasteiger partial charge in [-0.25, -0.2) is 9.78 Å². The molecule has 96 valence electrons. The van der Waals surface area contributed by atoms with Gasteiger partial charge in [0.05, 0.1) is 23.4 Å². The minimum atomic E-state index is -0.615. The first-order valence-corrected chi connectivity index (χ1v) is 5.57. The van der Waals surface area contributed by atoms with Crippen LogP contribution in [-0.4, -0.2) is 22.6 Å². The number of rotatable bonds is 2. The number of carbonyl (C=O) groups is 1. The van der Waals surface area contributed by atoms with Gasteiger partial charge < -0.3 is 10.5 Å². The van der Waals surface area contributed by atoms with Crippen LogP contribution in [0.1, 0.15) is 16.1 Å². The van der Waals surface area contributed by atoms with Gasteiger partial charge in [-0.05, 0) is 18.2 Å². The first-order valence-electron chi connectivity index (χ1n) is 5.19. The van der Waals surface area contributed by atoms with E-state index in [0.29, 0.717) is 16.3 Å². The maximum absolute atomic E-state index is 11.4. The van der Waals surface area contributed by atoms with E-state index in [1.165, 1.54) is 18.0 Å². The molecular weight excluding hydrogens is 268 g/mol. The molecule has 7 heteroatoms. The lowest BCUT2D eigenvalue weighted by Gasteiger charge is -2.06. The number of ether oxygens (including phenoxy) is 1. The maximum atomic E-state index is 11.4. The number of aromatic nitrogens is 2. The van der Waals surface area contributed by atoms with Gasteiger partial charge >= 0.3 is 5.97 Å². The van der Waals surface area contributed by atoms with Crippen LogP contribution in [0.2, 0.25) is 5.02 Å². The Bertz CT molecular complexity index is 688. The monoisotopic (exact) mass is 276 g/mol. The average Bonchev–Trinajstić information content (AvgIpc) is 2.79. The molecule has 2 rings (SSSR count). The van der Waals surface area contributed by atoms with Gasteiger partial charge in [0.15, 0.2) is 5.69 Å². The Hall–Kier alpha value is -2.52. The summed E-state index contributed by atoms with van der Waals surface area (Å²) in [5.74, 6) is -0.469. The van der Waals surface area contributed by atoms with E-state index in [4.69, 9.17) is 22.6 Å². The summed E-state index contributed by atoms with van der Waals surface area (Å²) in [4.78, 5) is 15.3. The van der Waals surface area contributed by atoms with Crippen LogP contribution in [0.5, 0.6) is 0 Å². The molecule has 0 saturated heterocycles. The molecule has 0 spiro atoms. The van der Waals surface area contributed by atoms with Crippen molar-refractivity contribution < 1.29 is 9.53 Å². The Kier molecular flexibility index (Phi) is 3.40. The van der Waals surface area contributed by atoms with E-state index in [9.17, 15) is 4.79 Å². The van der Waals surface area contributed by atoms with Crippen LogP contribution in [0.3, 0.4) is 0 Å². The highest BCUT2D eigenvalue weighted by molar-refractivity contribution is 6.31. The van der Waals surface area contributed by atoms with Crippen molar-refractivity contribution in [3.8, 4) is 11.8 Å². The average molecular weight is 277 g/mol. The van der Waals surface area contributed by atoms with Crippen LogP contribution in [0.15, 0.2) is 24.5 Å². The lowest BCUT2D eigenvalue weighted by atomic mass is 10.2. The van der Waals surface area contributed by atoms with Crippen LogP contribution in [0.25, 0.3) is 5.69 Å². The fourth-order valence-electron chi connectivity index (χ4n) is 1.56. The van der Waals surface area contributed by atoms with Crippen LogP contribution in [-0.2, 0) is 4.74 Å². The molecule has 19 heavy (non-hydrogen) atoms. The summed E-state index contributed by atoms with van der Waals surface area (Å²) in [7, 11) is 1.25. The predicted octanol–water partition coefficient (Wildman–Crippen LogP) is 1.77. The molecule has 0 amide bonds. The number of carbonyl (C=O) groups excluding carboxylic acids is 1. The van der Waals surface area contributed by atoms with Gasteiger partial charge in [-0.2, -0.15) is 5.26 Å². The number of nitrogens with two attached hydrogens (primary N) is 1. The number of anilines is 1. The standard InChI is InChI=1S/C12H9ClN4O2/c1-19-12(18)10-11(15)17(6-16-10)8-3-2-7(5-14)9(13)4-8/h2-4,6H,15H2,1H3. The fraction of sp³-hybridized carbons (Fsp3) is 0.0833. The van der Waals surface area contributed by atoms with Gasteiger partial charge in [-0.1, -0.05) is 11.6 Å². The van der Waals surface area contributed by atoms with Gasteiger partial charge in [0.1, 0.15) is 18.2 Å². The number of nitriles is 1. The van der Waals surface area contributed by atoms with Crippen LogP contribution >= 0.6 is 11.6 Å². The number of nitrogens with zero attached hydrogens (tertiary/aromatic N) is 3. The Morgan fingerprint density at radius 3 is 2.89 bits per heavy atom. The third kappa shape index (κ3) is 2.23. The Morgan fingerprint density at radius 2 is 2.32 bits per heavy atom. The van der Waals surface area contributed by atoms with Gasteiger partial charge in [-0.3, -0.25) is 4.57 Å². The van der Waals surface area contributed by atoms with Crippen molar-refractivity contribution in [2.45, 2.75) is 0 Å². The van der Waals surface area contributed by atoms with Crippen molar-refractivity contribution in [1.29, 1.82) is 5.26 Å². The van der Waals surface area contributed by atoms with Crippen LogP contribution < -0.4 is 5.73 Å². The van der Waals surface area contributed by atoms with E-state index in [2.05, 4.69) is 9.72 Å². The molecule has 0 saturated carbocycles. The van der Waals surface area contributed by atoms with Crippen LogP contribution in [0, 0.1) is 11.3 Å². The maximum Gasteiger partial charge on any atom is 0.360 e. The third-order valence-corrected chi connectivity index (χ3v) is 2.85. The van der Waals surface area contributed by atoms with E-state index in [1.54, 1.807) is 18.2 Å². The molecule has 0 atom stereocenters. The number of methoxy groups -OCH3 is 1. The van der Waals surface area contributed by atoms with Crippen molar-refractivity contribution in [2.24, 2.45) is 0 Å². The quantitative estimate of drug-likeness (QED) is 0.844. The molecule has 0 aliphatic heterocycles. The van der Waals surface area contributed by atoms with Gasteiger partial charge in [0, 0.05) is 0 Å². The molecule has 1 heterocycles. The molecule has 0 aliphatic carbocycles. The lowest BCUT2D eigenvalue weighted by molar-refractivity contribution is 0.0596. The summed E-state index contributed by atoms with van der Waals surface area (Å²) < 4.78 is 6.05. The van der Waals surface area contributed by atoms with Crippen molar-refractivity contribution in [3.63, 3.8) is 0 Å². The van der Waals surface area contributed by atoms with E-state index in [1.807, 2.05) is 6.07 Å². The molecule has 0 radical (unpaired) electrons. The highest BCUT2D eigenvalue weighted by Crippen LogP contribution is 2.23. The number of halogens is 1. The molecule has 2 aromatic rings. The van der Waals surface area contributed by atoms with E-state index >= 15 is 0 Å². The number of hydrogen-bond donors (Lipinski definition) is 1. The van der Waals surface area contributed by atoms with Crippen LogP contribution in [0.4, 0.5) is 5.82 Å². The number of benzene rings is 1. The summed E-state index contributed by atoms with van der Waals surface area (Å²) in [5, 5.41) is 9.10. The van der Waals surface area contributed by atoms with E-state index < -0.39 is 5.97 Å². The van der Waals surface area contributed by atoms with Crippen molar-refractivity contribution in [1.82, 2.24) is 9.55 Å². The second kappa shape index (κ2) is 5.00. The minimum Gasteiger partial charge on any atom is -0.464 e. The normalized spacial score (nSPS) is 9.95. The topological polar surface area (TPSA) is 93.9 Å². The largest absolute Gasteiger partial charge is 0.464 e. The highest BCUT2D eigenvalue weighted by atomic mass is 35.5. The highest BCUT2D eigenvalue weighted by Gasteiger charge is 2.17. The summed E-state index contributed by atoms with van der Waals surface area (Å²) in [5.41, 5.74) is 6.81. The second-order valence-electron chi connectivity index (χ2n) is 3.62. The Labute approximate surface area is 114 Å². The first-order chi connectivity index (χ1) is 9.08. The fourth-order valence-corrected chi connectivity index (χ4v) is 1.78. The molecule has 1 aromatic heterocycles.